The number of hydrogen-bond acceptors (Lipinski definition) is 2. The lowest BCUT2D eigenvalue weighted by Crippen LogP contribution is -2.62. The van der Waals surface area contributed by atoms with Gasteiger partial charge in [0.15, 0.2) is 0 Å². The van der Waals surface area contributed by atoms with Crippen LogP contribution in [0.2, 0.25) is 0 Å². The maximum atomic E-state index is 6.51. The van der Waals surface area contributed by atoms with E-state index in [1.807, 2.05) is 221 Å². The van der Waals surface area contributed by atoms with Gasteiger partial charge in [0.1, 0.15) is 0 Å². The van der Waals surface area contributed by atoms with Crippen LogP contribution in [0.1, 0.15) is 229 Å². The van der Waals surface area contributed by atoms with E-state index in [1.54, 1.807) is 10.5 Å². The van der Waals surface area contributed by atoms with Crippen LogP contribution in [0.15, 0.2) is 23.1 Å². The number of thioether (sulfide) groups is 1. The van der Waals surface area contributed by atoms with E-state index in [9.17, 15) is 0 Å². The molecule has 22 aliphatic carbocycles. The summed E-state index contributed by atoms with van der Waals surface area (Å²) in [6.45, 7) is 0.742. The minimum Gasteiger partial charge on any atom is -0.380 e. The van der Waals surface area contributed by atoms with Gasteiger partial charge >= 0.3 is 0 Å². The van der Waals surface area contributed by atoms with E-state index < -0.39 is 0 Å². The molecule has 70 heavy (non-hydrogen) atoms. The van der Waals surface area contributed by atoms with Crippen molar-refractivity contribution in [2.75, 3.05) is 7.11 Å². The highest BCUT2D eigenvalue weighted by Gasteiger charge is 2.89. The van der Waals surface area contributed by atoms with Crippen molar-refractivity contribution >= 4 is 97.9 Å². The molecule has 23 aliphatic rings. The third-order valence-corrected chi connectivity index (χ3v) is 32.3. The van der Waals surface area contributed by atoms with E-state index in [4.69, 9.17) is 4.74 Å². The Labute approximate surface area is 399 Å². The van der Waals surface area contributed by atoms with E-state index in [2.05, 4.69) is 30.0 Å². The first-order chi connectivity index (χ1) is 34.9. The van der Waals surface area contributed by atoms with Gasteiger partial charge < -0.3 is 4.74 Å². The van der Waals surface area contributed by atoms with E-state index in [1.165, 1.54) is 0 Å². The Hall–Kier alpha value is -5.41. The molecule has 11 aromatic rings. The normalized spacial score (nSPS) is 48.0. The van der Waals surface area contributed by atoms with Crippen molar-refractivity contribution in [1.29, 1.82) is 0 Å². The fourth-order valence-electron chi connectivity index (χ4n) is 32.2. The van der Waals surface area contributed by atoms with Gasteiger partial charge in [-0.05, 0) is 344 Å². The maximum absolute atomic E-state index is 6.51. The van der Waals surface area contributed by atoms with Crippen molar-refractivity contribution in [3.8, 4) is 11.1 Å². The number of benzene rings is 10. The average Bonchev–Trinajstić information content (AvgIpc) is 4.25. The number of ether oxygens (including phenoxy) is 1. The molecule has 1 nitrogen and oxygen atoms in total. The monoisotopic (exact) mass is 892 g/mol. The van der Waals surface area contributed by atoms with Crippen LogP contribution in [0.3, 0.4) is 0 Å². The highest BCUT2D eigenvalue weighted by molar-refractivity contribution is 8.00. The zero-order valence-electron chi connectivity index (χ0n) is 37.3. The molecule has 0 saturated heterocycles. The van der Waals surface area contributed by atoms with Gasteiger partial charge in [0, 0.05) is 17.4 Å². The topological polar surface area (TPSA) is 9.23 Å². The van der Waals surface area contributed by atoms with Crippen LogP contribution in [-0.2, 0) is 21.5 Å². The molecule has 0 N–H and O–H groups in total. The minimum absolute atomic E-state index is 0.0206. The fraction of sp³-hybridized carbons (Fsp3) is 0.353. The van der Waals surface area contributed by atoms with Crippen molar-refractivity contribution < 1.29 is 4.74 Å². The Kier molecular flexibility index (Phi) is 2.60. The number of methoxy groups -OCH3 is 1. The van der Waals surface area contributed by atoms with Crippen LogP contribution in [-0.4, -0.2) is 7.11 Å². The molecule has 1 heterocycles. The molecule has 22 atom stereocenters. The number of hydrogen-bond donors (Lipinski definition) is 0. The lowest BCUT2D eigenvalue weighted by Gasteiger charge is -2.65. The lowest BCUT2D eigenvalue weighted by atomic mass is 9.39. The largest absolute Gasteiger partial charge is 0.380 e. The first-order valence-corrected chi connectivity index (χ1v) is 29.2. The summed E-state index contributed by atoms with van der Waals surface area (Å²) >= 11 is 2.54. The Morgan fingerprint density at radius 3 is 1.13 bits per heavy atom. The molecule has 0 amide bonds. The zero-order valence-corrected chi connectivity index (χ0v) is 38.1. The summed E-state index contributed by atoms with van der Waals surface area (Å²) in [7, 11) is 2.01. The molecule has 2 spiro atoms. The van der Waals surface area contributed by atoms with Crippen molar-refractivity contribution in [3.63, 3.8) is 0 Å². The molecule has 312 valence electrons. The SMILES string of the molecule is COCc1cccc2c1C13c4c5c6c7c8c9c%10c%11c%12c%13c%14c%15c(c%16c%13c%10c7c4-%16)C1(S2)C1C%15C2c4c7c%10c%13c%15c%16c%17c%18c%19c%20c%21c%22c%23c(c4c4c%22c%19c%16c%104)C2C%14C%12C%23C%21C%11C9C%20C%18C8C6C%17C%15C5C3C%13C71. The summed E-state index contributed by atoms with van der Waals surface area (Å²) in [5.41, 5.74) is 47.5. The molecule has 0 aromatic heterocycles. The number of rotatable bonds is 2. The van der Waals surface area contributed by atoms with Crippen LogP contribution in [0.4, 0.5) is 0 Å². The second kappa shape index (κ2) is 6.51. The quantitative estimate of drug-likeness (QED) is 0.160. The highest BCUT2D eigenvalue weighted by atomic mass is 32.2. The summed E-state index contributed by atoms with van der Waals surface area (Å²) in [4.78, 5) is 1.68. The molecule has 1 fully saturated rings. The first kappa shape index (κ1) is 28.0. The lowest BCUT2D eigenvalue weighted by molar-refractivity contribution is 0.0330. The average molecular weight is 893 g/mol. The zero-order chi connectivity index (χ0) is 41.5. The second-order valence-electron chi connectivity index (χ2n) is 29.3. The number of fused-ring (bicyclic) bond motifs is 1. The van der Waals surface area contributed by atoms with Gasteiger partial charge in [0.25, 0.3) is 0 Å². The summed E-state index contributed by atoms with van der Waals surface area (Å²) in [5.74, 6) is 13.0. The van der Waals surface area contributed by atoms with E-state index in [-0.39, 0.29) is 10.2 Å². The summed E-state index contributed by atoms with van der Waals surface area (Å²) in [6, 6.07) is 7.76. The molecule has 1 saturated carbocycles. The Morgan fingerprint density at radius 1 is 0.343 bits per heavy atom. The van der Waals surface area contributed by atoms with Crippen LogP contribution >= 0.6 is 11.8 Å². The van der Waals surface area contributed by atoms with Gasteiger partial charge in [-0.25, -0.2) is 0 Å². The second-order valence-corrected chi connectivity index (χ2v) is 30.6. The van der Waals surface area contributed by atoms with Gasteiger partial charge in [-0.3, -0.25) is 0 Å². The Balaban J connectivity index is 1.03. The van der Waals surface area contributed by atoms with E-state index in [0.29, 0.717) is 118 Å². The summed E-state index contributed by atoms with van der Waals surface area (Å²) < 4.78 is 6.53. The van der Waals surface area contributed by atoms with Crippen LogP contribution in [0.5, 0.6) is 0 Å². The van der Waals surface area contributed by atoms with Gasteiger partial charge in [0.2, 0.25) is 0 Å². The maximum Gasteiger partial charge on any atom is 0.0716 e. The summed E-state index contributed by atoms with van der Waals surface area (Å²) in [5, 5.41) is 30.5. The van der Waals surface area contributed by atoms with E-state index >= 15 is 0 Å². The van der Waals surface area contributed by atoms with Crippen molar-refractivity contribution in [3.05, 3.63) is 141 Å². The summed E-state index contributed by atoms with van der Waals surface area (Å²) in [6.07, 6.45) is 0. The standard InChI is InChI=1S/C68H28OS/c1-69-5-6-3-2-4-7-62(6)67-63-54-46-36-26-18-10-8-9-12-16-14(10)22-30-24(16)34-28-20(12)21-13(9)17-15-11(8)19(18)27-33-23(15)31-25(17)35-29(21)39-38(28)50-44(34)52-42(30)48(40(46)32(22)26)56(63)58(52)65-60(50)61-51(39)45(35)53-43(31)49-41(33)47(37(27)36)55(54)64(67)57(49)59(53)66(61)68(65,67)70-7/h2-4,10,12,14,16,18,20,26,28,36-39,47,51,55,57,59,61,64,66H,5H2,1H3. The predicted molar refractivity (Wildman–Crippen MR) is 267 cm³/mol. The van der Waals surface area contributed by atoms with Crippen LogP contribution < -0.4 is 0 Å². The van der Waals surface area contributed by atoms with Crippen LogP contribution in [0.25, 0.3) is 97.3 Å². The first-order valence-electron chi connectivity index (χ1n) is 28.4. The third-order valence-electron chi connectivity index (χ3n) is 30.6. The third kappa shape index (κ3) is 1.52. The van der Waals surface area contributed by atoms with Crippen molar-refractivity contribution in [1.82, 2.24) is 0 Å². The van der Waals surface area contributed by atoms with Crippen molar-refractivity contribution in [2.45, 2.75) is 128 Å². The van der Waals surface area contributed by atoms with Gasteiger partial charge in [-0.2, -0.15) is 0 Å². The fourth-order valence-corrected chi connectivity index (χ4v) is 34.4. The molecular formula is C68H28OS. The smallest absolute Gasteiger partial charge is 0.0716 e. The molecular weight excluding hydrogens is 865 g/mol. The van der Waals surface area contributed by atoms with Gasteiger partial charge in [-0.1, -0.05) is 12.1 Å². The van der Waals surface area contributed by atoms with E-state index in [0.717, 1.165) is 6.61 Å². The van der Waals surface area contributed by atoms with Gasteiger partial charge in [-0.15, -0.1) is 11.8 Å². The van der Waals surface area contributed by atoms with Gasteiger partial charge in [0.05, 0.1) is 11.4 Å². The predicted octanol–water partition coefficient (Wildman–Crippen LogP) is 14.6. The molecule has 0 bridgehead atoms. The molecule has 0 radical (unpaired) electrons. The molecule has 34 rings (SSSR count). The van der Waals surface area contributed by atoms with Crippen LogP contribution in [0, 0.1) is 11.8 Å². The Morgan fingerprint density at radius 2 is 0.671 bits per heavy atom. The Bertz CT molecular complexity index is 5470. The highest BCUT2D eigenvalue weighted by Crippen LogP contribution is 3.01. The van der Waals surface area contributed by atoms with Crippen molar-refractivity contribution in [2.24, 2.45) is 11.8 Å². The molecule has 11 aromatic carbocycles. The molecule has 22 unspecified atom stereocenters. The molecule has 1 aliphatic heterocycles. The molecule has 2 heteroatoms. The minimum atomic E-state index is -0.0321.